The summed E-state index contributed by atoms with van der Waals surface area (Å²) in [7, 11) is 0. The van der Waals surface area contributed by atoms with E-state index in [0.717, 1.165) is 31.2 Å². The first kappa shape index (κ1) is 30.3. The number of unbranched alkanes of at least 4 members (excludes halogenated alkanes) is 4. The van der Waals surface area contributed by atoms with E-state index in [-0.39, 0.29) is 56.7 Å². The van der Waals surface area contributed by atoms with Crippen molar-refractivity contribution in [2.75, 3.05) is 13.2 Å². The molecule has 10 heteroatoms. The summed E-state index contributed by atoms with van der Waals surface area (Å²) in [5.74, 6) is -1.86. The minimum atomic E-state index is -1.20. The van der Waals surface area contributed by atoms with Gasteiger partial charge in [-0.25, -0.2) is 14.0 Å². The second-order valence-electron chi connectivity index (χ2n) is 11.0. The lowest BCUT2D eigenvalue weighted by Crippen LogP contribution is -2.53. The molecule has 1 aliphatic carbocycles. The van der Waals surface area contributed by atoms with E-state index in [1.165, 1.54) is 15.9 Å². The van der Waals surface area contributed by atoms with Crippen LogP contribution in [-0.2, 0) is 36.9 Å². The summed E-state index contributed by atoms with van der Waals surface area (Å²) >= 11 is 0. The predicted octanol–water partition coefficient (Wildman–Crippen LogP) is 4.40. The highest BCUT2D eigenvalue weighted by Crippen LogP contribution is 2.45. The van der Waals surface area contributed by atoms with E-state index in [1.54, 1.807) is 25.1 Å². The van der Waals surface area contributed by atoms with Crippen molar-refractivity contribution in [1.29, 1.82) is 0 Å². The zero-order chi connectivity index (χ0) is 29.6. The van der Waals surface area contributed by atoms with Crippen LogP contribution in [0, 0.1) is 11.7 Å². The molecule has 0 bridgehead atoms. The molecule has 0 spiro atoms. The number of halogens is 1. The number of rotatable bonds is 13. The molecule has 41 heavy (non-hydrogen) atoms. The average molecular weight is 570 g/mol. The lowest BCUT2D eigenvalue weighted by atomic mass is 10.1. The zero-order valence-corrected chi connectivity index (χ0v) is 23.7. The van der Waals surface area contributed by atoms with Crippen molar-refractivity contribution >= 4 is 23.9 Å². The molecular formula is C31H40FN3O6. The standard InChI is InChI=1S/C31H40FN3O6/c1-4-7-8-9-10-11-15-27(36)35-19-23(41-30(39)34-18-21-13-12-14-25(32)24(21)20-34)16-26(35)28(37)33-31(17-22(31)5-2)29(38)40-6-3/h4-5,12-14,22-23,26H,1-2,6-11,15-20H2,3H3,(H,33,37)/t22-,23-,26+,31-/m1/s1. The van der Waals surface area contributed by atoms with Crippen LogP contribution in [0.25, 0.3) is 0 Å². The minimum Gasteiger partial charge on any atom is -0.464 e. The molecule has 2 heterocycles. The van der Waals surface area contributed by atoms with Gasteiger partial charge in [-0.1, -0.05) is 37.1 Å². The van der Waals surface area contributed by atoms with Gasteiger partial charge in [0.2, 0.25) is 11.8 Å². The van der Waals surface area contributed by atoms with Gasteiger partial charge >= 0.3 is 12.1 Å². The van der Waals surface area contributed by atoms with Crippen LogP contribution < -0.4 is 5.32 Å². The quantitative estimate of drug-likeness (QED) is 0.215. The Balaban J connectivity index is 1.42. The molecule has 1 aromatic rings. The third-order valence-electron chi connectivity index (χ3n) is 8.17. The Hall–Kier alpha value is -3.69. The number of allylic oxidation sites excluding steroid dienone is 1. The largest absolute Gasteiger partial charge is 0.464 e. The first-order valence-corrected chi connectivity index (χ1v) is 14.5. The molecule has 3 aliphatic rings. The van der Waals surface area contributed by atoms with Crippen LogP contribution in [0.1, 0.15) is 69.4 Å². The molecule has 0 aromatic heterocycles. The second kappa shape index (κ2) is 13.3. The third-order valence-corrected chi connectivity index (χ3v) is 8.17. The van der Waals surface area contributed by atoms with E-state index in [9.17, 15) is 23.6 Å². The van der Waals surface area contributed by atoms with Gasteiger partial charge in [0.1, 0.15) is 23.5 Å². The molecule has 4 rings (SSSR count). The maximum absolute atomic E-state index is 14.2. The molecule has 4 atom stereocenters. The van der Waals surface area contributed by atoms with Crippen LogP contribution in [0.4, 0.5) is 9.18 Å². The van der Waals surface area contributed by atoms with Crippen LogP contribution in [0.3, 0.4) is 0 Å². The summed E-state index contributed by atoms with van der Waals surface area (Å²) < 4.78 is 25.1. The number of carbonyl (C=O) groups is 4. The summed E-state index contributed by atoms with van der Waals surface area (Å²) in [5.41, 5.74) is -0.0148. The van der Waals surface area contributed by atoms with E-state index in [2.05, 4.69) is 18.5 Å². The van der Waals surface area contributed by atoms with Gasteiger partial charge in [-0.3, -0.25) is 14.5 Å². The summed E-state index contributed by atoms with van der Waals surface area (Å²) in [6, 6.07) is 3.82. The zero-order valence-electron chi connectivity index (χ0n) is 23.7. The van der Waals surface area contributed by atoms with Crippen molar-refractivity contribution in [2.45, 2.75) is 89.1 Å². The Morgan fingerprint density at radius 3 is 2.61 bits per heavy atom. The summed E-state index contributed by atoms with van der Waals surface area (Å²) in [4.78, 5) is 55.4. The van der Waals surface area contributed by atoms with Crippen molar-refractivity contribution in [3.8, 4) is 0 Å². The molecule has 2 aliphatic heterocycles. The first-order chi connectivity index (χ1) is 19.7. The smallest absolute Gasteiger partial charge is 0.410 e. The average Bonchev–Trinajstić information content (AvgIpc) is 3.27. The van der Waals surface area contributed by atoms with E-state index in [4.69, 9.17) is 9.47 Å². The topological polar surface area (TPSA) is 105 Å². The number of likely N-dealkylation sites (tertiary alicyclic amines) is 1. The number of ether oxygens (including phenoxy) is 2. The molecule has 0 unspecified atom stereocenters. The van der Waals surface area contributed by atoms with Crippen LogP contribution in [0.2, 0.25) is 0 Å². The molecule has 1 saturated heterocycles. The number of nitrogens with zero attached hydrogens (tertiary/aromatic N) is 2. The van der Waals surface area contributed by atoms with Gasteiger partial charge in [0, 0.05) is 30.9 Å². The number of fused-ring (bicyclic) bond motifs is 1. The molecule has 2 fully saturated rings. The maximum Gasteiger partial charge on any atom is 0.410 e. The lowest BCUT2D eigenvalue weighted by molar-refractivity contribution is -0.150. The Kier molecular flexibility index (Phi) is 9.83. The van der Waals surface area contributed by atoms with E-state index >= 15 is 0 Å². The highest BCUT2D eigenvalue weighted by atomic mass is 19.1. The summed E-state index contributed by atoms with van der Waals surface area (Å²) in [6.45, 7) is 9.72. The molecule has 1 aromatic carbocycles. The molecular weight excluding hydrogens is 529 g/mol. The summed E-state index contributed by atoms with van der Waals surface area (Å²) in [5, 5.41) is 2.84. The Bertz CT molecular complexity index is 1190. The normalized spacial score (nSPS) is 24.4. The number of carbonyl (C=O) groups excluding carboxylic acids is 4. The molecule has 1 saturated carbocycles. The second-order valence-corrected chi connectivity index (χ2v) is 11.0. The summed E-state index contributed by atoms with van der Waals surface area (Å²) in [6.07, 6.45) is 7.33. The minimum absolute atomic E-state index is 0.0611. The Morgan fingerprint density at radius 2 is 1.93 bits per heavy atom. The SMILES string of the molecule is C=CCCCCCCC(=O)N1C[C@H](OC(=O)N2Cc3cccc(F)c3C2)C[C@H]1C(=O)N[C@]1(C(=O)OCC)C[C@H]1C=C. The third kappa shape index (κ3) is 6.80. The van der Waals surface area contributed by atoms with Crippen molar-refractivity contribution < 1.29 is 33.0 Å². The number of benzene rings is 1. The van der Waals surface area contributed by atoms with Crippen LogP contribution in [0.5, 0.6) is 0 Å². The van der Waals surface area contributed by atoms with Crippen molar-refractivity contribution in [1.82, 2.24) is 15.1 Å². The fraction of sp³-hybridized carbons (Fsp3) is 0.548. The molecule has 1 N–H and O–H groups in total. The number of esters is 1. The van der Waals surface area contributed by atoms with Gasteiger partial charge in [0.15, 0.2) is 0 Å². The number of amides is 3. The highest BCUT2D eigenvalue weighted by Gasteiger charge is 2.62. The predicted molar refractivity (Wildman–Crippen MR) is 150 cm³/mol. The van der Waals surface area contributed by atoms with Gasteiger partial charge in [0.05, 0.1) is 19.7 Å². The fourth-order valence-electron chi connectivity index (χ4n) is 5.76. The van der Waals surface area contributed by atoms with Crippen LogP contribution in [-0.4, -0.2) is 64.5 Å². The molecule has 222 valence electrons. The van der Waals surface area contributed by atoms with E-state index in [1.807, 2.05) is 6.08 Å². The van der Waals surface area contributed by atoms with E-state index in [0.29, 0.717) is 18.4 Å². The van der Waals surface area contributed by atoms with Crippen LogP contribution in [0.15, 0.2) is 43.5 Å². The van der Waals surface area contributed by atoms with Crippen molar-refractivity contribution in [2.24, 2.45) is 5.92 Å². The van der Waals surface area contributed by atoms with E-state index < -0.39 is 35.7 Å². The van der Waals surface area contributed by atoms with Crippen molar-refractivity contribution in [3.05, 3.63) is 60.5 Å². The Labute approximate surface area is 240 Å². The van der Waals surface area contributed by atoms with Crippen LogP contribution >= 0.6 is 0 Å². The molecule has 3 amide bonds. The van der Waals surface area contributed by atoms with Gasteiger partial charge < -0.3 is 19.7 Å². The van der Waals surface area contributed by atoms with Gasteiger partial charge in [0.25, 0.3) is 0 Å². The van der Waals surface area contributed by atoms with Crippen molar-refractivity contribution in [3.63, 3.8) is 0 Å². The van der Waals surface area contributed by atoms with Gasteiger partial charge in [-0.05, 0) is 44.2 Å². The maximum atomic E-state index is 14.2. The fourth-order valence-corrected chi connectivity index (χ4v) is 5.76. The molecule has 0 radical (unpaired) electrons. The number of nitrogens with one attached hydrogen (secondary N) is 1. The molecule has 9 nitrogen and oxygen atoms in total. The Morgan fingerprint density at radius 1 is 1.15 bits per heavy atom. The highest BCUT2D eigenvalue weighted by molar-refractivity contribution is 5.95. The number of hydrogen-bond acceptors (Lipinski definition) is 6. The van der Waals surface area contributed by atoms with Gasteiger partial charge in [-0.2, -0.15) is 0 Å². The first-order valence-electron chi connectivity index (χ1n) is 14.5. The lowest BCUT2D eigenvalue weighted by Gasteiger charge is -2.26. The number of hydrogen-bond donors (Lipinski definition) is 1. The monoisotopic (exact) mass is 569 g/mol. The van der Waals surface area contributed by atoms with Gasteiger partial charge in [-0.15, -0.1) is 13.2 Å².